The van der Waals surface area contributed by atoms with Crippen molar-refractivity contribution in [2.45, 2.75) is 39.5 Å². The summed E-state index contributed by atoms with van der Waals surface area (Å²) in [7, 11) is 0. The zero-order chi connectivity index (χ0) is 24.4. The molecule has 2 heterocycles. The summed E-state index contributed by atoms with van der Waals surface area (Å²) in [6, 6.07) is 8.27. The van der Waals surface area contributed by atoms with E-state index in [4.69, 9.17) is 0 Å². The van der Waals surface area contributed by atoms with Crippen LogP contribution in [-0.2, 0) is 9.59 Å². The van der Waals surface area contributed by atoms with Crippen LogP contribution in [0.5, 0.6) is 0 Å². The third-order valence-electron chi connectivity index (χ3n) is 6.70. The maximum atomic E-state index is 13.1. The van der Waals surface area contributed by atoms with Crippen molar-refractivity contribution in [2.75, 3.05) is 13.1 Å². The Bertz CT molecular complexity index is 1180. The van der Waals surface area contributed by atoms with E-state index in [0.717, 1.165) is 22.3 Å². The van der Waals surface area contributed by atoms with Crippen molar-refractivity contribution in [2.24, 2.45) is 11.8 Å². The smallest absolute Gasteiger partial charge is 0.324 e. The molecule has 0 bridgehead atoms. The second kappa shape index (κ2) is 9.60. The molecular formula is C27H27N3O4. The van der Waals surface area contributed by atoms with E-state index in [2.05, 4.69) is 22.1 Å². The number of rotatable bonds is 3. The molecule has 0 spiro atoms. The van der Waals surface area contributed by atoms with Gasteiger partial charge in [-0.05, 0) is 73.6 Å². The Labute approximate surface area is 198 Å². The maximum Gasteiger partial charge on any atom is 0.324 e. The van der Waals surface area contributed by atoms with Crippen LogP contribution in [0.1, 0.15) is 58.4 Å². The number of ketones is 2. The summed E-state index contributed by atoms with van der Waals surface area (Å²) >= 11 is 0. The van der Waals surface area contributed by atoms with Crippen LogP contribution in [-0.4, -0.2) is 46.5 Å². The fourth-order valence-corrected chi connectivity index (χ4v) is 5.02. The van der Waals surface area contributed by atoms with Crippen molar-refractivity contribution in [1.82, 2.24) is 15.2 Å². The number of Topliss-reactive ketones (excluding diaryl/α,β-unsaturated/α-hetero) is 2. The lowest BCUT2D eigenvalue weighted by Crippen LogP contribution is -2.57. The quantitative estimate of drug-likeness (QED) is 0.564. The molecule has 0 unspecified atom stereocenters. The highest BCUT2D eigenvalue weighted by Crippen LogP contribution is 2.39. The van der Waals surface area contributed by atoms with E-state index >= 15 is 0 Å². The molecule has 2 fully saturated rings. The van der Waals surface area contributed by atoms with Gasteiger partial charge < -0.3 is 4.90 Å². The van der Waals surface area contributed by atoms with Crippen LogP contribution in [0.25, 0.3) is 0 Å². The van der Waals surface area contributed by atoms with E-state index in [1.54, 1.807) is 19.1 Å². The van der Waals surface area contributed by atoms with Crippen molar-refractivity contribution in [1.29, 1.82) is 0 Å². The van der Waals surface area contributed by atoms with Gasteiger partial charge in [0.2, 0.25) is 0 Å². The molecule has 1 saturated carbocycles. The number of pyridine rings is 1. The summed E-state index contributed by atoms with van der Waals surface area (Å²) in [5, 5.41) is 2.34. The summed E-state index contributed by atoms with van der Waals surface area (Å²) < 4.78 is 0. The summed E-state index contributed by atoms with van der Waals surface area (Å²) in [6.45, 7) is 6.45. The lowest BCUT2D eigenvalue weighted by atomic mass is 9.69. The van der Waals surface area contributed by atoms with Crippen LogP contribution in [0.4, 0.5) is 4.79 Å². The SMILES string of the molecule is CC#Cc1cc(C)c(C2C(=O)CC(C3CN(C(=O)NC(=O)c4ccccn4)C3)CC2=O)c(C)c1. The van der Waals surface area contributed by atoms with Crippen molar-refractivity contribution >= 4 is 23.5 Å². The summed E-state index contributed by atoms with van der Waals surface area (Å²) in [5.41, 5.74) is 3.67. The maximum absolute atomic E-state index is 13.1. The summed E-state index contributed by atoms with van der Waals surface area (Å²) in [4.78, 5) is 56.2. The largest absolute Gasteiger partial charge is 0.324 e. The molecule has 0 atom stereocenters. The first-order chi connectivity index (χ1) is 16.3. The van der Waals surface area contributed by atoms with Crippen molar-refractivity contribution < 1.29 is 19.2 Å². The van der Waals surface area contributed by atoms with Crippen LogP contribution >= 0.6 is 0 Å². The summed E-state index contributed by atoms with van der Waals surface area (Å²) in [6.07, 6.45) is 2.12. The predicted molar refractivity (Wildman–Crippen MR) is 126 cm³/mol. The predicted octanol–water partition coefficient (Wildman–Crippen LogP) is 3.18. The van der Waals surface area contributed by atoms with Crippen molar-refractivity contribution in [3.8, 4) is 11.8 Å². The standard InChI is InChI=1S/C27H27N3O4/c1-4-7-18-10-16(2)24(17(3)11-18)25-22(31)12-19(13-23(25)32)20-14-30(15-20)27(34)29-26(33)21-8-5-6-9-28-21/h5-6,8-11,19-20,25H,12-15H2,1-3H3,(H,29,33,34). The number of carbonyl (C=O) groups is 4. The van der Waals surface area contributed by atoms with Gasteiger partial charge in [0.1, 0.15) is 23.2 Å². The van der Waals surface area contributed by atoms with Crippen molar-refractivity contribution in [3.63, 3.8) is 0 Å². The Hall–Kier alpha value is -3.79. The van der Waals surface area contributed by atoms with Crippen molar-refractivity contribution in [3.05, 3.63) is 64.5 Å². The lowest BCUT2D eigenvalue weighted by Gasteiger charge is -2.44. The van der Waals surface area contributed by atoms with E-state index in [1.165, 1.54) is 17.2 Å². The molecule has 3 amide bonds. The number of urea groups is 1. The van der Waals surface area contributed by atoms with Crippen LogP contribution in [0, 0.1) is 37.5 Å². The van der Waals surface area contributed by atoms with Gasteiger partial charge in [0, 0.05) is 37.7 Å². The van der Waals surface area contributed by atoms with Gasteiger partial charge in [0.05, 0.1) is 0 Å². The van der Waals surface area contributed by atoms with Gasteiger partial charge in [-0.15, -0.1) is 5.92 Å². The van der Waals surface area contributed by atoms with Crippen LogP contribution in [0.15, 0.2) is 36.5 Å². The molecule has 1 aromatic heterocycles. The highest BCUT2D eigenvalue weighted by Gasteiger charge is 2.44. The molecule has 1 N–H and O–H groups in total. The third-order valence-corrected chi connectivity index (χ3v) is 6.70. The van der Waals surface area contributed by atoms with Gasteiger partial charge >= 0.3 is 6.03 Å². The number of likely N-dealkylation sites (tertiary alicyclic amines) is 1. The zero-order valence-electron chi connectivity index (χ0n) is 19.6. The Morgan fingerprint density at radius 1 is 1.03 bits per heavy atom. The molecule has 1 aliphatic heterocycles. The normalized spacial score (nSPS) is 20.3. The lowest BCUT2D eigenvalue weighted by molar-refractivity contribution is -0.135. The Kier molecular flexibility index (Phi) is 6.60. The Balaban J connectivity index is 1.36. The zero-order valence-corrected chi connectivity index (χ0v) is 19.6. The highest BCUT2D eigenvalue weighted by atomic mass is 16.2. The van der Waals surface area contributed by atoms with Crippen LogP contribution < -0.4 is 5.32 Å². The summed E-state index contributed by atoms with van der Waals surface area (Å²) in [5.74, 6) is 4.49. The Morgan fingerprint density at radius 2 is 1.68 bits per heavy atom. The molecule has 1 saturated heterocycles. The van der Waals surface area contributed by atoms with Gasteiger partial charge in [-0.2, -0.15) is 0 Å². The first-order valence-electron chi connectivity index (χ1n) is 11.4. The third kappa shape index (κ3) is 4.62. The number of nitrogens with zero attached hydrogens (tertiary/aromatic N) is 2. The Morgan fingerprint density at radius 3 is 2.24 bits per heavy atom. The molecule has 0 radical (unpaired) electrons. The number of imide groups is 1. The number of aryl methyl sites for hydroxylation is 2. The van der Waals surface area contributed by atoms with Gasteiger partial charge in [0.15, 0.2) is 0 Å². The van der Waals surface area contributed by atoms with Gasteiger partial charge in [-0.1, -0.05) is 12.0 Å². The minimum atomic E-state index is -0.727. The number of carbonyl (C=O) groups excluding carboxylic acids is 4. The van der Waals surface area contributed by atoms with E-state index < -0.39 is 17.9 Å². The minimum absolute atomic E-state index is 0.0602. The second-order valence-electron chi connectivity index (χ2n) is 9.07. The molecule has 1 aliphatic carbocycles. The molecule has 2 aliphatic rings. The average Bonchev–Trinajstić information content (AvgIpc) is 2.75. The first kappa shape index (κ1) is 23.4. The molecule has 1 aromatic carbocycles. The topological polar surface area (TPSA) is 96.4 Å². The highest BCUT2D eigenvalue weighted by molar-refractivity contribution is 6.10. The van der Waals surface area contributed by atoms with E-state index in [-0.39, 0.29) is 29.1 Å². The van der Waals surface area contributed by atoms with E-state index in [1.807, 2.05) is 26.0 Å². The number of nitrogens with one attached hydrogen (secondary N) is 1. The number of aromatic nitrogens is 1. The first-order valence-corrected chi connectivity index (χ1v) is 11.4. The van der Waals surface area contributed by atoms with Gasteiger partial charge in [0.25, 0.3) is 5.91 Å². The van der Waals surface area contributed by atoms with E-state index in [9.17, 15) is 19.2 Å². The molecular weight excluding hydrogens is 430 g/mol. The molecule has 7 nitrogen and oxygen atoms in total. The fraction of sp³-hybridized carbons (Fsp3) is 0.370. The number of benzene rings is 1. The number of amides is 3. The second-order valence-corrected chi connectivity index (χ2v) is 9.07. The van der Waals surface area contributed by atoms with Crippen LogP contribution in [0.2, 0.25) is 0 Å². The fourth-order valence-electron chi connectivity index (χ4n) is 5.02. The molecule has 174 valence electrons. The van der Waals surface area contributed by atoms with Crippen LogP contribution in [0.3, 0.4) is 0 Å². The van der Waals surface area contributed by atoms with E-state index in [0.29, 0.717) is 25.9 Å². The van der Waals surface area contributed by atoms with Gasteiger partial charge in [-0.25, -0.2) is 4.79 Å². The average molecular weight is 458 g/mol. The number of hydrogen-bond acceptors (Lipinski definition) is 5. The monoisotopic (exact) mass is 457 g/mol. The molecule has 7 heteroatoms. The van der Waals surface area contributed by atoms with Gasteiger partial charge in [-0.3, -0.25) is 24.7 Å². The number of hydrogen-bond donors (Lipinski definition) is 1. The molecule has 4 rings (SSSR count). The minimum Gasteiger partial charge on any atom is -0.324 e. The molecule has 34 heavy (non-hydrogen) atoms. The molecule has 2 aromatic rings.